The lowest BCUT2D eigenvalue weighted by Gasteiger charge is -2.15. The molecule has 2 aromatic carbocycles. The molecule has 0 aliphatic heterocycles. The second-order valence-electron chi connectivity index (χ2n) is 6.52. The zero-order valence-corrected chi connectivity index (χ0v) is 20.4. The number of amides is 1. The fraction of sp³-hybridized carbons (Fsp3) is 0.364. The van der Waals surface area contributed by atoms with Crippen LogP contribution in [0.5, 0.6) is 23.0 Å². The molecule has 0 radical (unpaired) electrons. The molecule has 33 heavy (non-hydrogen) atoms. The van der Waals surface area contributed by atoms with Gasteiger partial charge in [0.05, 0.1) is 37.5 Å². The summed E-state index contributed by atoms with van der Waals surface area (Å²) < 4.78 is 21.5. The Kier molecular flexibility index (Phi) is 9.74. The van der Waals surface area contributed by atoms with E-state index in [1.54, 1.807) is 6.07 Å². The first-order chi connectivity index (χ1) is 15.7. The molecule has 1 N–H and O–H groups in total. The highest BCUT2D eigenvalue weighted by atomic mass is 35.5. The minimum atomic E-state index is -1.45. The van der Waals surface area contributed by atoms with E-state index >= 15 is 0 Å². The number of Topliss-reactive ketones (excluding diaryl/α,β-unsaturated/α-hetero) is 1. The number of ketones is 1. The molecule has 0 bridgehead atoms. The Hall–Kier alpha value is -3.04. The molecule has 0 heterocycles. The number of rotatable bonds is 11. The van der Waals surface area contributed by atoms with Gasteiger partial charge in [0.15, 0.2) is 17.3 Å². The van der Waals surface area contributed by atoms with Crippen molar-refractivity contribution >= 4 is 46.3 Å². The van der Waals surface area contributed by atoms with E-state index in [0.717, 1.165) is 0 Å². The summed E-state index contributed by atoms with van der Waals surface area (Å²) in [6.07, 6.45) is 0. The number of nitrogens with one attached hydrogen (secondary N) is 1. The zero-order valence-electron chi connectivity index (χ0n) is 18.9. The zero-order chi connectivity index (χ0) is 24.5. The topological polar surface area (TPSA) is 108 Å². The van der Waals surface area contributed by atoms with Crippen molar-refractivity contribution in [2.75, 3.05) is 32.8 Å². The van der Waals surface area contributed by atoms with E-state index in [-0.39, 0.29) is 27.2 Å². The lowest BCUT2D eigenvalue weighted by Crippen LogP contribution is -2.32. The van der Waals surface area contributed by atoms with Crippen molar-refractivity contribution in [3.05, 3.63) is 34.3 Å². The number of benzene rings is 2. The summed E-state index contributed by atoms with van der Waals surface area (Å²) in [5.74, 6) is 0.271. The number of azo groups is 1. The van der Waals surface area contributed by atoms with E-state index in [1.807, 2.05) is 13.8 Å². The molecule has 0 saturated carbocycles. The summed E-state index contributed by atoms with van der Waals surface area (Å²) in [7, 11) is 2.88. The summed E-state index contributed by atoms with van der Waals surface area (Å²) in [5, 5.41) is 10.9. The van der Waals surface area contributed by atoms with Crippen LogP contribution in [0.25, 0.3) is 0 Å². The molecule has 0 spiro atoms. The van der Waals surface area contributed by atoms with Crippen LogP contribution in [0, 0.1) is 0 Å². The highest BCUT2D eigenvalue weighted by Gasteiger charge is 2.26. The Morgan fingerprint density at radius 1 is 0.939 bits per heavy atom. The molecule has 0 saturated heterocycles. The predicted octanol–water partition coefficient (Wildman–Crippen LogP) is 5.49. The number of hydrogen-bond acceptors (Lipinski definition) is 8. The normalized spacial score (nSPS) is 11.7. The van der Waals surface area contributed by atoms with Crippen molar-refractivity contribution in [3.8, 4) is 23.0 Å². The van der Waals surface area contributed by atoms with Crippen LogP contribution in [0.4, 0.5) is 11.4 Å². The molecular formula is C22H25Cl2N3O6. The van der Waals surface area contributed by atoms with Gasteiger partial charge in [0.2, 0.25) is 6.04 Å². The molecular weight excluding hydrogens is 473 g/mol. The van der Waals surface area contributed by atoms with Crippen LogP contribution in [-0.4, -0.2) is 45.2 Å². The van der Waals surface area contributed by atoms with Crippen LogP contribution in [0.3, 0.4) is 0 Å². The minimum absolute atomic E-state index is 0.162. The number of halogens is 2. The monoisotopic (exact) mass is 497 g/mol. The van der Waals surface area contributed by atoms with Crippen LogP contribution in [0.15, 0.2) is 34.5 Å². The molecule has 11 heteroatoms. The Morgan fingerprint density at radius 3 is 2.12 bits per heavy atom. The van der Waals surface area contributed by atoms with Crippen molar-refractivity contribution in [2.24, 2.45) is 10.2 Å². The van der Waals surface area contributed by atoms with Gasteiger partial charge >= 0.3 is 0 Å². The van der Waals surface area contributed by atoms with Crippen LogP contribution in [0.1, 0.15) is 20.8 Å². The lowest BCUT2D eigenvalue weighted by molar-refractivity contribution is -0.126. The number of carbonyl (C=O) groups excluding carboxylic acids is 2. The molecule has 0 fully saturated rings. The Balaban J connectivity index is 2.34. The van der Waals surface area contributed by atoms with Gasteiger partial charge in [-0.3, -0.25) is 9.59 Å². The second-order valence-corrected chi connectivity index (χ2v) is 7.34. The van der Waals surface area contributed by atoms with Crippen molar-refractivity contribution < 1.29 is 28.5 Å². The van der Waals surface area contributed by atoms with Gasteiger partial charge in [-0.15, -0.1) is 0 Å². The molecule has 1 unspecified atom stereocenters. The van der Waals surface area contributed by atoms with E-state index in [9.17, 15) is 9.59 Å². The summed E-state index contributed by atoms with van der Waals surface area (Å²) in [6.45, 7) is 5.68. The maximum atomic E-state index is 12.8. The van der Waals surface area contributed by atoms with Gasteiger partial charge in [0.25, 0.3) is 5.91 Å². The van der Waals surface area contributed by atoms with Gasteiger partial charge in [-0.2, -0.15) is 10.2 Å². The number of anilines is 1. The smallest absolute Gasteiger partial charge is 0.258 e. The standard InChI is InChI=1S/C22H25Cl2N3O6/c1-6-32-17-10-14(23)16(11-18(17)33-7-2)26-27-20(12(3)28)22(29)25-21-15(24)8-13(30-4)9-19(21)31-5/h8-11,20H,6-7H2,1-5H3,(H,25,29). The summed E-state index contributed by atoms with van der Waals surface area (Å²) in [4.78, 5) is 25.0. The van der Waals surface area contributed by atoms with E-state index in [0.29, 0.717) is 30.5 Å². The maximum Gasteiger partial charge on any atom is 0.258 e. The average Bonchev–Trinajstić information content (AvgIpc) is 2.77. The van der Waals surface area contributed by atoms with Crippen molar-refractivity contribution in [1.82, 2.24) is 0 Å². The molecule has 2 aromatic rings. The predicted molar refractivity (Wildman–Crippen MR) is 126 cm³/mol. The number of hydrogen-bond donors (Lipinski definition) is 1. The van der Waals surface area contributed by atoms with Crippen molar-refractivity contribution in [3.63, 3.8) is 0 Å². The fourth-order valence-corrected chi connectivity index (χ4v) is 3.16. The van der Waals surface area contributed by atoms with Gasteiger partial charge in [-0.1, -0.05) is 23.2 Å². The first-order valence-corrected chi connectivity index (χ1v) is 10.7. The molecule has 0 aliphatic rings. The highest BCUT2D eigenvalue weighted by molar-refractivity contribution is 6.34. The number of methoxy groups -OCH3 is 2. The van der Waals surface area contributed by atoms with Crippen LogP contribution < -0.4 is 24.3 Å². The van der Waals surface area contributed by atoms with Gasteiger partial charge in [0, 0.05) is 24.3 Å². The molecule has 178 valence electrons. The number of ether oxygens (including phenoxy) is 4. The minimum Gasteiger partial charge on any atom is -0.497 e. The molecule has 2 rings (SSSR count). The van der Waals surface area contributed by atoms with E-state index in [2.05, 4.69) is 15.5 Å². The van der Waals surface area contributed by atoms with Crippen LogP contribution in [-0.2, 0) is 9.59 Å². The molecule has 0 aliphatic carbocycles. The van der Waals surface area contributed by atoms with Crippen molar-refractivity contribution in [1.29, 1.82) is 0 Å². The third kappa shape index (κ3) is 6.72. The summed E-state index contributed by atoms with van der Waals surface area (Å²) in [5.41, 5.74) is 0.381. The Morgan fingerprint density at radius 2 is 1.58 bits per heavy atom. The van der Waals surface area contributed by atoms with Crippen molar-refractivity contribution in [2.45, 2.75) is 26.8 Å². The van der Waals surface area contributed by atoms with E-state index < -0.39 is 17.7 Å². The quantitative estimate of drug-likeness (QED) is 0.324. The maximum absolute atomic E-state index is 12.8. The van der Waals surface area contributed by atoms with E-state index in [1.165, 1.54) is 39.3 Å². The summed E-state index contributed by atoms with van der Waals surface area (Å²) in [6, 6.07) is 4.65. The van der Waals surface area contributed by atoms with Gasteiger partial charge < -0.3 is 24.3 Å². The largest absolute Gasteiger partial charge is 0.497 e. The van der Waals surface area contributed by atoms with E-state index in [4.69, 9.17) is 42.1 Å². The average molecular weight is 498 g/mol. The molecule has 1 atom stereocenters. The number of nitrogens with zero attached hydrogens (tertiary/aromatic N) is 2. The highest BCUT2D eigenvalue weighted by Crippen LogP contribution is 2.39. The first kappa shape index (κ1) is 26.2. The third-order valence-electron chi connectivity index (χ3n) is 4.26. The lowest BCUT2D eigenvalue weighted by atomic mass is 10.2. The first-order valence-electron chi connectivity index (χ1n) is 9.98. The molecule has 1 amide bonds. The van der Waals surface area contributed by atoms with Crippen LogP contribution >= 0.6 is 23.2 Å². The Bertz CT molecular complexity index is 1050. The SMILES string of the molecule is CCOc1cc(Cl)c(N=NC(C(C)=O)C(=O)Nc2c(Cl)cc(OC)cc2OC)cc1OCC. The molecule has 0 aromatic heterocycles. The Labute approximate surface area is 202 Å². The van der Waals surface area contributed by atoms with Gasteiger partial charge in [-0.05, 0) is 20.8 Å². The third-order valence-corrected chi connectivity index (χ3v) is 4.86. The fourth-order valence-electron chi connectivity index (χ4n) is 2.73. The van der Waals surface area contributed by atoms with Crippen LogP contribution in [0.2, 0.25) is 10.0 Å². The summed E-state index contributed by atoms with van der Waals surface area (Å²) >= 11 is 12.5. The number of carbonyl (C=O) groups is 2. The second kappa shape index (κ2) is 12.3. The van der Waals surface area contributed by atoms with Gasteiger partial charge in [0.1, 0.15) is 22.9 Å². The van der Waals surface area contributed by atoms with Gasteiger partial charge in [-0.25, -0.2) is 0 Å². The molecule has 9 nitrogen and oxygen atoms in total.